The number of carbonyl (C=O) groups excluding carboxylic acids is 2. The molecular formula is C22H30O3. The molecule has 4 aliphatic carbocycles. The Balaban J connectivity index is 1.75. The van der Waals surface area contributed by atoms with E-state index < -0.39 is 0 Å². The van der Waals surface area contributed by atoms with Crippen LogP contribution in [0.15, 0.2) is 24.3 Å². The van der Waals surface area contributed by atoms with Gasteiger partial charge in [0.05, 0.1) is 12.7 Å². The first-order chi connectivity index (χ1) is 11.9. The summed E-state index contributed by atoms with van der Waals surface area (Å²) in [6, 6.07) is 0. The maximum atomic E-state index is 12.7. The summed E-state index contributed by atoms with van der Waals surface area (Å²) >= 11 is 0. The maximum Gasteiger partial charge on any atom is 0.155 e. The maximum absolute atomic E-state index is 12.7. The van der Waals surface area contributed by atoms with E-state index in [1.165, 1.54) is 5.57 Å². The SMILES string of the molecule is C=CCOC1CC2(C)C(=O)CCC2C2CCC3=CC(=O)CCC3(C)C12. The summed E-state index contributed by atoms with van der Waals surface area (Å²) in [5.74, 6) is 2.17. The highest BCUT2D eigenvalue weighted by atomic mass is 16.5. The topological polar surface area (TPSA) is 43.4 Å². The normalized spacial score (nSPS) is 46.1. The van der Waals surface area contributed by atoms with Crippen molar-refractivity contribution in [3.05, 3.63) is 24.3 Å². The Labute approximate surface area is 150 Å². The molecule has 6 atom stereocenters. The van der Waals surface area contributed by atoms with Crippen LogP contribution in [-0.4, -0.2) is 24.3 Å². The molecule has 3 saturated carbocycles. The third-order valence-corrected chi connectivity index (χ3v) is 8.01. The van der Waals surface area contributed by atoms with Crippen LogP contribution in [0.4, 0.5) is 0 Å². The Bertz CT molecular complexity index is 648. The van der Waals surface area contributed by atoms with E-state index >= 15 is 0 Å². The first-order valence-corrected chi connectivity index (χ1v) is 9.90. The van der Waals surface area contributed by atoms with Gasteiger partial charge in [0.1, 0.15) is 5.78 Å². The van der Waals surface area contributed by atoms with E-state index in [1.807, 2.05) is 12.2 Å². The van der Waals surface area contributed by atoms with Crippen molar-refractivity contribution in [2.24, 2.45) is 28.6 Å². The Hall–Kier alpha value is -1.22. The van der Waals surface area contributed by atoms with Crippen LogP contribution < -0.4 is 0 Å². The summed E-state index contributed by atoms with van der Waals surface area (Å²) in [5, 5.41) is 0. The van der Waals surface area contributed by atoms with Crippen molar-refractivity contribution in [3.8, 4) is 0 Å². The minimum absolute atomic E-state index is 0.0512. The van der Waals surface area contributed by atoms with Gasteiger partial charge in [0.2, 0.25) is 0 Å². The zero-order valence-corrected chi connectivity index (χ0v) is 15.6. The van der Waals surface area contributed by atoms with Gasteiger partial charge >= 0.3 is 0 Å². The third-order valence-electron chi connectivity index (χ3n) is 8.01. The van der Waals surface area contributed by atoms with Gasteiger partial charge < -0.3 is 4.74 Å². The molecular weight excluding hydrogens is 312 g/mol. The highest BCUT2D eigenvalue weighted by Crippen LogP contribution is 2.64. The zero-order chi connectivity index (χ0) is 17.8. The number of ether oxygens (including phenoxy) is 1. The van der Waals surface area contributed by atoms with Crippen molar-refractivity contribution in [2.75, 3.05) is 6.61 Å². The molecule has 3 heteroatoms. The van der Waals surface area contributed by atoms with Crippen LogP contribution in [0.25, 0.3) is 0 Å². The molecule has 0 radical (unpaired) electrons. The number of allylic oxidation sites excluding steroid dienone is 1. The molecule has 25 heavy (non-hydrogen) atoms. The molecule has 4 aliphatic rings. The lowest BCUT2D eigenvalue weighted by molar-refractivity contribution is -0.155. The quantitative estimate of drug-likeness (QED) is 0.720. The largest absolute Gasteiger partial charge is 0.374 e. The number of Topliss-reactive ketones (excluding diaryl/α,β-unsaturated/α-hetero) is 1. The molecule has 0 aromatic rings. The van der Waals surface area contributed by atoms with Gasteiger partial charge in [-0.15, -0.1) is 6.58 Å². The summed E-state index contributed by atoms with van der Waals surface area (Å²) in [6.45, 7) is 8.89. The summed E-state index contributed by atoms with van der Waals surface area (Å²) in [5.41, 5.74) is 1.18. The smallest absolute Gasteiger partial charge is 0.155 e. The third kappa shape index (κ3) is 2.42. The van der Waals surface area contributed by atoms with Crippen LogP contribution in [0.5, 0.6) is 0 Å². The monoisotopic (exact) mass is 342 g/mol. The lowest BCUT2D eigenvalue weighted by Crippen LogP contribution is -2.57. The molecule has 0 amide bonds. The minimum Gasteiger partial charge on any atom is -0.374 e. The Kier molecular flexibility index (Phi) is 4.06. The second-order valence-corrected chi connectivity index (χ2v) is 9.13. The van der Waals surface area contributed by atoms with Gasteiger partial charge in [0.15, 0.2) is 5.78 Å². The molecule has 4 rings (SSSR count). The Morgan fingerprint density at radius 1 is 1.20 bits per heavy atom. The molecule has 3 nitrogen and oxygen atoms in total. The van der Waals surface area contributed by atoms with Gasteiger partial charge in [-0.25, -0.2) is 0 Å². The molecule has 0 bridgehead atoms. The van der Waals surface area contributed by atoms with Crippen molar-refractivity contribution in [1.29, 1.82) is 0 Å². The van der Waals surface area contributed by atoms with Gasteiger partial charge in [0, 0.05) is 18.3 Å². The van der Waals surface area contributed by atoms with E-state index in [-0.39, 0.29) is 22.7 Å². The standard InChI is InChI=1S/C22H30O3/c1-4-11-25-18-13-22(3)17(7-8-19(22)24)16-6-5-14-12-15(23)9-10-21(14,2)20(16)18/h4,12,16-18,20H,1,5-11,13H2,2-3H3. The van der Waals surface area contributed by atoms with E-state index in [0.29, 0.717) is 36.6 Å². The molecule has 0 heterocycles. The molecule has 136 valence electrons. The fraction of sp³-hybridized carbons (Fsp3) is 0.727. The fourth-order valence-electron chi connectivity index (χ4n) is 6.77. The zero-order valence-electron chi connectivity index (χ0n) is 15.6. The van der Waals surface area contributed by atoms with E-state index in [0.717, 1.165) is 38.5 Å². The second kappa shape index (κ2) is 5.90. The van der Waals surface area contributed by atoms with Crippen LogP contribution in [-0.2, 0) is 14.3 Å². The highest BCUT2D eigenvalue weighted by Gasteiger charge is 2.62. The molecule has 0 aromatic carbocycles. The summed E-state index contributed by atoms with van der Waals surface area (Å²) in [6.07, 6.45) is 10.1. The van der Waals surface area contributed by atoms with Gasteiger partial charge in [-0.2, -0.15) is 0 Å². The second-order valence-electron chi connectivity index (χ2n) is 9.13. The molecule has 0 N–H and O–H groups in total. The summed E-state index contributed by atoms with van der Waals surface area (Å²) in [4.78, 5) is 24.7. The van der Waals surface area contributed by atoms with Crippen LogP contribution >= 0.6 is 0 Å². The summed E-state index contributed by atoms with van der Waals surface area (Å²) < 4.78 is 6.28. The van der Waals surface area contributed by atoms with E-state index in [1.54, 1.807) is 0 Å². The van der Waals surface area contributed by atoms with Crippen LogP contribution in [0.1, 0.15) is 58.8 Å². The lowest BCUT2D eigenvalue weighted by atomic mass is 9.46. The molecule has 0 spiro atoms. The highest BCUT2D eigenvalue weighted by molar-refractivity contribution is 5.91. The number of hydrogen-bond acceptors (Lipinski definition) is 3. The Morgan fingerprint density at radius 2 is 2.00 bits per heavy atom. The number of rotatable bonds is 3. The van der Waals surface area contributed by atoms with E-state index in [2.05, 4.69) is 20.4 Å². The minimum atomic E-state index is -0.213. The first kappa shape index (κ1) is 17.2. The van der Waals surface area contributed by atoms with Crippen molar-refractivity contribution >= 4 is 11.6 Å². The molecule has 3 fully saturated rings. The Morgan fingerprint density at radius 3 is 2.76 bits per heavy atom. The predicted molar refractivity (Wildman–Crippen MR) is 97.0 cm³/mol. The summed E-state index contributed by atoms with van der Waals surface area (Å²) in [7, 11) is 0. The van der Waals surface area contributed by atoms with Gasteiger partial charge in [-0.1, -0.05) is 25.5 Å². The average Bonchev–Trinajstić information content (AvgIpc) is 2.88. The van der Waals surface area contributed by atoms with E-state index in [4.69, 9.17) is 4.74 Å². The number of carbonyl (C=O) groups is 2. The van der Waals surface area contributed by atoms with E-state index in [9.17, 15) is 9.59 Å². The number of hydrogen-bond donors (Lipinski definition) is 0. The molecule has 0 aromatic heterocycles. The predicted octanol–water partition coefficient (Wildman–Crippen LogP) is 4.27. The molecule has 0 aliphatic heterocycles. The van der Waals surface area contributed by atoms with Crippen molar-refractivity contribution in [2.45, 2.75) is 64.9 Å². The molecule has 0 saturated heterocycles. The van der Waals surface area contributed by atoms with Crippen LogP contribution in [0.2, 0.25) is 0 Å². The van der Waals surface area contributed by atoms with Gasteiger partial charge in [0.25, 0.3) is 0 Å². The average molecular weight is 342 g/mol. The van der Waals surface area contributed by atoms with Crippen molar-refractivity contribution < 1.29 is 14.3 Å². The van der Waals surface area contributed by atoms with Crippen LogP contribution in [0.3, 0.4) is 0 Å². The molecule has 6 unspecified atom stereocenters. The number of fused-ring (bicyclic) bond motifs is 5. The van der Waals surface area contributed by atoms with Crippen molar-refractivity contribution in [1.82, 2.24) is 0 Å². The van der Waals surface area contributed by atoms with Crippen molar-refractivity contribution in [3.63, 3.8) is 0 Å². The lowest BCUT2D eigenvalue weighted by Gasteiger charge is -2.59. The first-order valence-electron chi connectivity index (χ1n) is 9.90. The fourth-order valence-corrected chi connectivity index (χ4v) is 6.77. The van der Waals surface area contributed by atoms with Gasteiger partial charge in [-0.05, 0) is 61.3 Å². The number of ketones is 2. The van der Waals surface area contributed by atoms with Gasteiger partial charge in [-0.3, -0.25) is 9.59 Å². The van der Waals surface area contributed by atoms with Crippen LogP contribution in [0, 0.1) is 28.6 Å².